The molecule has 0 radical (unpaired) electrons. The number of hydrogen-bond donors (Lipinski definition) is 4. The van der Waals surface area contributed by atoms with Crippen LogP contribution >= 0.6 is 27.5 Å². The maximum absolute atomic E-state index is 10.6. The number of anilines is 1. The predicted octanol–water partition coefficient (Wildman–Crippen LogP) is 6.92. The monoisotopic (exact) mass is 640 g/mol. The van der Waals surface area contributed by atoms with E-state index in [0.29, 0.717) is 6.54 Å². The Balaban J connectivity index is 0.000000317. The fraction of sp³-hybridized carbons (Fsp3) is 0.130. The number of fused-ring (bicyclic) bond motifs is 1. The molecule has 0 saturated heterocycles. The van der Waals surface area contributed by atoms with Crippen molar-refractivity contribution in [3.8, 4) is 11.4 Å². The molecule has 16 heteroatoms. The Morgan fingerprint density at radius 2 is 1.49 bits per heavy atom. The number of benzene rings is 2. The number of carboxylic acid groups (broad SMARTS) is 2. The van der Waals surface area contributed by atoms with Gasteiger partial charge in [0, 0.05) is 33.5 Å². The number of nitrogens with zero attached hydrogens (tertiary/aromatic N) is 2. The van der Waals surface area contributed by atoms with E-state index in [2.05, 4.69) is 36.2 Å². The van der Waals surface area contributed by atoms with Crippen LogP contribution in [0.1, 0.15) is 5.56 Å². The van der Waals surface area contributed by atoms with Gasteiger partial charge in [-0.25, -0.2) is 19.6 Å². The molecule has 4 aromatic rings. The molecule has 39 heavy (non-hydrogen) atoms. The van der Waals surface area contributed by atoms with Crippen LogP contribution in [-0.4, -0.2) is 49.5 Å². The fourth-order valence-electron chi connectivity index (χ4n) is 2.59. The van der Waals surface area contributed by atoms with Crippen LogP contribution < -0.4 is 5.32 Å². The number of nitrogens with one attached hydrogen (secondary N) is 2. The van der Waals surface area contributed by atoms with Crippen LogP contribution in [0.5, 0.6) is 0 Å². The zero-order valence-electron chi connectivity index (χ0n) is 19.1. The van der Waals surface area contributed by atoms with Gasteiger partial charge in [-0.2, -0.15) is 26.3 Å². The second-order valence-electron chi connectivity index (χ2n) is 7.23. The van der Waals surface area contributed by atoms with Gasteiger partial charge in [-0.05, 0) is 57.9 Å². The molecule has 4 rings (SSSR count). The van der Waals surface area contributed by atoms with E-state index >= 15 is 0 Å². The lowest BCUT2D eigenvalue weighted by Gasteiger charge is -2.08. The van der Waals surface area contributed by atoms with Crippen LogP contribution in [0.25, 0.3) is 22.6 Å². The molecular weight excluding hydrogens is 626 g/mol. The molecule has 4 N–H and O–H groups in total. The number of halogens is 8. The van der Waals surface area contributed by atoms with Crippen molar-refractivity contribution < 1.29 is 46.1 Å². The third-order valence-corrected chi connectivity index (χ3v) is 5.19. The van der Waals surface area contributed by atoms with Gasteiger partial charge in [0.05, 0.1) is 0 Å². The number of H-pyrrole nitrogens is 1. The fourth-order valence-corrected chi connectivity index (χ4v) is 3.11. The molecule has 0 amide bonds. The first-order valence-corrected chi connectivity index (χ1v) is 11.4. The number of alkyl halides is 6. The van der Waals surface area contributed by atoms with Gasteiger partial charge in [0.25, 0.3) is 0 Å². The standard InChI is InChI=1S/C19H14BrClN4.2C2HF3O2/c20-14-9-17-19(23-11-14)25-18(24-17)12-5-7-15(8-6-12)22-10-13-3-1-2-4-16(13)21;2*3-2(4,5)1(6)7/h1-9,11,22H,10H2,(H,23,24,25);2*(H,6,7). The van der Waals surface area contributed by atoms with Gasteiger partial charge >= 0.3 is 24.3 Å². The summed E-state index contributed by atoms with van der Waals surface area (Å²) in [6.45, 7) is 0.682. The number of aliphatic carboxylic acids is 2. The predicted molar refractivity (Wildman–Crippen MR) is 133 cm³/mol. The zero-order chi connectivity index (χ0) is 29.4. The van der Waals surface area contributed by atoms with Gasteiger partial charge in [-0.3, -0.25) is 0 Å². The lowest BCUT2D eigenvalue weighted by Crippen LogP contribution is -2.21. The average Bonchev–Trinajstić information content (AvgIpc) is 3.27. The van der Waals surface area contributed by atoms with Crippen molar-refractivity contribution in [1.29, 1.82) is 0 Å². The highest BCUT2D eigenvalue weighted by molar-refractivity contribution is 9.10. The summed E-state index contributed by atoms with van der Waals surface area (Å²) in [6, 6.07) is 17.9. The number of carbonyl (C=O) groups is 2. The van der Waals surface area contributed by atoms with Crippen molar-refractivity contribution in [2.24, 2.45) is 0 Å². The summed E-state index contributed by atoms with van der Waals surface area (Å²) in [5.74, 6) is -4.71. The third kappa shape index (κ3) is 10.1. The highest BCUT2D eigenvalue weighted by Gasteiger charge is 2.38. The molecule has 0 aliphatic heterocycles. The summed E-state index contributed by atoms with van der Waals surface area (Å²) in [4.78, 5) is 30.0. The number of carboxylic acids is 2. The molecule has 0 aliphatic carbocycles. The Kier molecular flexibility index (Phi) is 10.7. The van der Waals surface area contributed by atoms with Crippen molar-refractivity contribution in [2.75, 3.05) is 5.32 Å². The Morgan fingerprint density at radius 3 is 2.00 bits per heavy atom. The summed E-state index contributed by atoms with van der Waals surface area (Å²) in [5.41, 5.74) is 4.73. The van der Waals surface area contributed by atoms with Crippen LogP contribution in [0.15, 0.2) is 65.3 Å². The Bertz CT molecular complexity index is 1400. The van der Waals surface area contributed by atoms with E-state index in [1.54, 1.807) is 6.20 Å². The lowest BCUT2D eigenvalue weighted by atomic mass is 10.2. The van der Waals surface area contributed by atoms with Gasteiger partial charge in [0.15, 0.2) is 5.65 Å². The van der Waals surface area contributed by atoms with E-state index in [1.165, 1.54) is 0 Å². The van der Waals surface area contributed by atoms with E-state index in [1.807, 2.05) is 54.6 Å². The lowest BCUT2D eigenvalue weighted by molar-refractivity contribution is -0.193. The van der Waals surface area contributed by atoms with Crippen molar-refractivity contribution in [2.45, 2.75) is 18.9 Å². The van der Waals surface area contributed by atoms with Crippen LogP contribution in [0.3, 0.4) is 0 Å². The normalized spacial score (nSPS) is 11.1. The summed E-state index contributed by atoms with van der Waals surface area (Å²) in [7, 11) is 0. The van der Waals surface area contributed by atoms with Crippen LogP contribution in [0.2, 0.25) is 5.02 Å². The molecule has 0 fully saturated rings. The second kappa shape index (κ2) is 13.3. The Hall–Kier alpha value is -3.85. The van der Waals surface area contributed by atoms with Gasteiger partial charge in [0.1, 0.15) is 11.3 Å². The maximum atomic E-state index is 10.6. The molecule has 2 heterocycles. The number of rotatable bonds is 4. The zero-order valence-corrected chi connectivity index (χ0v) is 21.5. The SMILES string of the molecule is Clc1ccccc1CNc1ccc(-c2nc3cc(Br)cnc3[nH]2)cc1.O=C(O)C(F)(F)F.O=C(O)C(F)(F)F. The Labute approximate surface area is 228 Å². The van der Waals surface area contributed by atoms with E-state index in [4.69, 9.17) is 31.4 Å². The van der Waals surface area contributed by atoms with Gasteiger partial charge in [0.2, 0.25) is 0 Å². The molecule has 0 atom stereocenters. The molecule has 208 valence electrons. The van der Waals surface area contributed by atoms with E-state index < -0.39 is 24.3 Å². The second-order valence-corrected chi connectivity index (χ2v) is 8.56. The molecule has 0 saturated carbocycles. The molecule has 2 aromatic heterocycles. The molecule has 2 aromatic carbocycles. The number of aromatic nitrogens is 3. The van der Waals surface area contributed by atoms with Crippen LogP contribution in [-0.2, 0) is 16.1 Å². The largest absolute Gasteiger partial charge is 0.490 e. The summed E-state index contributed by atoms with van der Waals surface area (Å²) in [6.07, 6.45) is -8.41. The minimum absolute atomic E-state index is 0.682. The van der Waals surface area contributed by atoms with Gasteiger partial charge < -0.3 is 20.5 Å². The number of imidazole rings is 1. The topological polar surface area (TPSA) is 128 Å². The first-order valence-electron chi connectivity index (χ1n) is 10.3. The molecule has 8 nitrogen and oxygen atoms in total. The molecule has 0 unspecified atom stereocenters. The van der Waals surface area contributed by atoms with Crippen molar-refractivity contribution >= 4 is 56.3 Å². The highest BCUT2D eigenvalue weighted by atomic mass is 79.9. The molecular formula is C23H16BrClF6N4O4. The first kappa shape index (κ1) is 31.4. The quantitative estimate of drug-likeness (QED) is 0.178. The van der Waals surface area contributed by atoms with E-state index in [9.17, 15) is 26.3 Å². The maximum Gasteiger partial charge on any atom is 0.490 e. The van der Waals surface area contributed by atoms with Crippen molar-refractivity contribution in [3.63, 3.8) is 0 Å². The minimum atomic E-state index is -5.08. The van der Waals surface area contributed by atoms with E-state index in [-0.39, 0.29) is 0 Å². The summed E-state index contributed by atoms with van der Waals surface area (Å²) >= 11 is 9.60. The van der Waals surface area contributed by atoms with Crippen molar-refractivity contribution in [3.05, 3.63) is 75.9 Å². The number of pyridine rings is 1. The van der Waals surface area contributed by atoms with E-state index in [0.717, 1.165) is 43.3 Å². The summed E-state index contributed by atoms with van der Waals surface area (Å²) < 4.78 is 64.4. The van der Waals surface area contributed by atoms with Crippen LogP contribution in [0, 0.1) is 0 Å². The molecule has 0 spiro atoms. The number of hydrogen-bond acceptors (Lipinski definition) is 5. The smallest absolute Gasteiger partial charge is 0.475 e. The Morgan fingerprint density at radius 1 is 0.949 bits per heavy atom. The van der Waals surface area contributed by atoms with Gasteiger partial charge in [-0.15, -0.1) is 0 Å². The minimum Gasteiger partial charge on any atom is -0.475 e. The van der Waals surface area contributed by atoms with Gasteiger partial charge in [-0.1, -0.05) is 29.8 Å². The highest BCUT2D eigenvalue weighted by Crippen LogP contribution is 2.24. The average molecular weight is 642 g/mol. The van der Waals surface area contributed by atoms with Crippen LogP contribution in [0.4, 0.5) is 32.0 Å². The molecule has 0 aliphatic rings. The third-order valence-electron chi connectivity index (χ3n) is 4.39. The first-order chi connectivity index (χ1) is 18.1. The summed E-state index contributed by atoms with van der Waals surface area (Å²) in [5, 5.41) is 18.4. The van der Waals surface area contributed by atoms with Crippen molar-refractivity contribution in [1.82, 2.24) is 15.0 Å². The molecule has 0 bridgehead atoms. The number of aromatic amines is 1.